The third kappa shape index (κ3) is 7.60. The van der Waals surface area contributed by atoms with E-state index in [-0.39, 0.29) is 11.3 Å². The standard InChI is InChI=1S/C24H30O5/c1-17(2)7-6-8-18(3)15-16-28-22-10-5-4-9-21(22)24(27)29-20-13-11-19(12-14-20)23(25)26/h4-5,9-14,17-18H,6-8,15-16H2,1-3H3,(H,25,26). The molecule has 2 aromatic rings. The Labute approximate surface area is 172 Å². The smallest absolute Gasteiger partial charge is 0.347 e. The van der Waals surface area contributed by atoms with E-state index in [1.54, 1.807) is 18.2 Å². The average Bonchev–Trinajstić information content (AvgIpc) is 2.68. The van der Waals surface area contributed by atoms with Crippen molar-refractivity contribution in [2.45, 2.75) is 46.5 Å². The van der Waals surface area contributed by atoms with Gasteiger partial charge in [-0.25, -0.2) is 9.59 Å². The van der Waals surface area contributed by atoms with Crippen LogP contribution in [0.3, 0.4) is 0 Å². The molecule has 0 heterocycles. The molecule has 0 aliphatic heterocycles. The van der Waals surface area contributed by atoms with E-state index in [4.69, 9.17) is 14.6 Å². The summed E-state index contributed by atoms with van der Waals surface area (Å²) in [6.45, 7) is 7.25. The number of aromatic carboxylic acids is 1. The number of hydrogen-bond acceptors (Lipinski definition) is 4. The van der Waals surface area contributed by atoms with Crippen molar-refractivity contribution in [3.05, 3.63) is 59.7 Å². The minimum absolute atomic E-state index is 0.135. The van der Waals surface area contributed by atoms with Gasteiger partial charge in [0.2, 0.25) is 0 Å². The molecule has 0 aromatic heterocycles. The molecule has 5 heteroatoms. The largest absolute Gasteiger partial charge is 0.493 e. The Hall–Kier alpha value is -2.82. The number of benzene rings is 2. The van der Waals surface area contributed by atoms with E-state index in [9.17, 15) is 9.59 Å². The summed E-state index contributed by atoms with van der Waals surface area (Å²) >= 11 is 0. The van der Waals surface area contributed by atoms with Crippen LogP contribution in [0.25, 0.3) is 0 Å². The summed E-state index contributed by atoms with van der Waals surface area (Å²) in [5.41, 5.74) is 0.485. The maximum Gasteiger partial charge on any atom is 0.347 e. The van der Waals surface area contributed by atoms with Crippen LogP contribution in [0.15, 0.2) is 48.5 Å². The second-order valence-corrected chi connectivity index (χ2v) is 7.78. The molecule has 29 heavy (non-hydrogen) atoms. The molecule has 2 rings (SSSR count). The SMILES string of the molecule is CC(C)CCCC(C)CCOc1ccccc1C(=O)Oc1ccc(C(=O)O)cc1. The number of carboxylic acid groups (broad SMARTS) is 1. The van der Waals surface area contributed by atoms with Crippen molar-refractivity contribution in [3.63, 3.8) is 0 Å². The van der Waals surface area contributed by atoms with Gasteiger partial charge in [-0.3, -0.25) is 0 Å². The predicted octanol–water partition coefficient (Wildman–Crippen LogP) is 5.84. The van der Waals surface area contributed by atoms with E-state index in [1.165, 1.54) is 43.5 Å². The lowest BCUT2D eigenvalue weighted by atomic mass is 9.98. The van der Waals surface area contributed by atoms with E-state index in [2.05, 4.69) is 20.8 Å². The topological polar surface area (TPSA) is 72.8 Å². The van der Waals surface area contributed by atoms with Crippen molar-refractivity contribution >= 4 is 11.9 Å². The first-order valence-corrected chi connectivity index (χ1v) is 10.1. The molecule has 0 aliphatic carbocycles. The summed E-state index contributed by atoms with van der Waals surface area (Å²) in [6, 6.07) is 12.7. The van der Waals surface area contributed by atoms with E-state index in [0.717, 1.165) is 12.3 Å². The second-order valence-electron chi connectivity index (χ2n) is 7.78. The molecular formula is C24H30O5. The summed E-state index contributed by atoms with van der Waals surface area (Å²) in [5.74, 6) is 0.522. The number of ether oxygens (including phenoxy) is 2. The Morgan fingerprint density at radius 3 is 2.28 bits per heavy atom. The van der Waals surface area contributed by atoms with E-state index in [0.29, 0.717) is 23.8 Å². The molecule has 5 nitrogen and oxygen atoms in total. The van der Waals surface area contributed by atoms with Crippen LogP contribution < -0.4 is 9.47 Å². The van der Waals surface area contributed by atoms with Crippen molar-refractivity contribution in [3.8, 4) is 11.5 Å². The normalized spacial score (nSPS) is 11.9. The minimum atomic E-state index is -1.03. The average molecular weight is 398 g/mol. The van der Waals surface area contributed by atoms with Gasteiger partial charge in [-0.15, -0.1) is 0 Å². The first kappa shape index (κ1) is 22.5. The van der Waals surface area contributed by atoms with Gasteiger partial charge in [0.05, 0.1) is 12.2 Å². The zero-order valence-corrected chi connectivity index (χ0v) is 17.4. The van der Waals surface area contributed by atoms with Gasteiger partial charge in [-0.05, 0) is 54.7 Å². The quantitative estimate of drug-likeness (QED) is 0.380. The number of rotatable bonds is 11. The Bertz CT molecular complexity index is 795. The molecular weight excluding hydrogens is 368 g/mol. The van der Waals surface area contributed by atoms with Gasteiger partial charge in [0.15, 0.2) is 0 Å². The van der Waals surface area contributed by atoms with Crippen molar-refractivity contribution < 1.29 is 24.2 Å². The zero-order valence-electron chi connectivity index (χ0n) is 17.4. The van der Waals surface area contributed by atoms with Gasteiger partial charge in [0, 0.05) is 0 Å². The summed E-state index contributed by atoms with van der Waals surface area (Å²) in [6.07, 6.45) is 4.57. The van der Waals surface area contributed by atoms with E-state index in [1.807, 2.05) is 6.07 Å². The first-order chi connectivity index (χ1) is 13.9. The van der Waals surface area contributed by atoms with E-state index >= 15 is 0 Å². The number of carboxylic acids is 1. The molecule has 0 spiro atoms. The molecule has 156 valence electrons. The van der Waals surface area contributed by atoms with Crippen LogP contribution in [0.4, 0.5) is 0 Å². The van der Waals surface area contributed by atoms with Crippen LogP contribution in [-0.4, -0.2) is 23.7 Å². The van der Waals surface area contributed by atoms with Crippen LogP contribution in [0.5, 0.6) is 11.5 Å². The first-order valence-electron chi connectivity index (χ1n) is 10.1. The second kappa shape index (κ2) is 11.2. The molecule has 0 aliphatic rings. The number of carbonyl (C=O) groups is 2. The highest BCUT2D eigenvalue weighted by atomic mass is 16.5. The van der Waals surface area contributed by atoms with Gasteiger partial charge in [-0.1, -0.05) is 52.2 Å². The number of carbonyl (C=O) groups excluding carboxylic acids is 1. The van der Waals surface area contributed by atoms with Gasteiger partial charge in [0.25, 0.3) is 0 Å². The lowest BCUT2D eigenvalue weighted by Gasteiger charge is -2.14. The Balaban J connectivity index is 1.90. The fraction of sp³-hybridized carbons (Fsp3) is 0.417. The Kier molecular flexibility index (Phi) is 8.71. The third-order valence-corrected chi connectivity index (χ3v) is 4.77. The third-order valence-electron chi connectivity index (χ3n) is 4.77. The Morgan fingerprint density at radius 1 is 0.931 bits per heavy atom. The number of esters is 1. The molecule has 2 aromatic carbocycles. The highest BCUT2D eigenvalue weighted by molar-refractivity contribution is 5.94. The summed E-state index contributed by atoms with van der Waals surface area (Å²) in [4.78, 5) is 23.4. The molecule has 0 fully saturated rings. The van der Waals surface area contributed by atoms with Crippen LogP contribution in [-0.2, 0) is 0 Å². The molecule has 0 saturated heterocycles. The predicted molar refractivity (Wildman–Crippen MR) is 113 cm³/mol. The van der Waals surface area contributed by atoms with Crippen LogP contribution in [0, 0.1) is 11.8 Å². The fourth-order valence-electron chi connectivity index (χ4n) is 2.98. The van der Waals surface area contributed by atoms with Crippen molar-refractivity contribution in [1.82, 2.24) is 0 Å². The zero-order chi connectivity index (χ0) is 21.2. The van der Waals surface area contributed by atoms with E-state index < -0.39 is 11.9 Å². The lowest BCUT2D eigenvalue weighted by Crippen LogP contribution is -2.12. The summed E-state index contributed by atoms with van der Waals surface area (Å²) < 4.78 is 11.2. The lowest BCUT2D eigenvalue weighted by molar-refractivity contribution is 0.0696. The summed E-state index contributed by atoms with van der Waals surface area (Å²) in [5, 5.41) is 8.94. The van der Waals surface area contributed by atoms with Gasteiger partial charge < -0.3 is 14.6 Å². The monoisotopic (exact) mass is 398 g/mol. The Morgan fingerprint density at radius 2 is 1.62 bits per heavy atom. The fourth-order valence-corrected chi connectivity index (χ4v) is 2.98. The van der Waals surface area contributed by atoms with Gasteiger partial charge in [-0.2, -0.15) is 0 Å². The molecule has 0 bridgehead atoms. The van der Waals surface area contributed by atoms with Crippen LogP contribution >= 0.6 is 0 Å². The van der Waals surface area contributed by atoms with Gasteiger partial charge >= 0.3 is 11.9 Å². The highest BCUT2D eigenvalue weighted by Gasteiger charge is 2.15. The molecule has 1 N–H and O–H groups in total. The molecule has 0 saturated carbocycles. The van der Waals surface area contributed by atoms with Gasteiger partial charge in [0.1, 0.15) is 17.1 Å². The maximum atomic E-state index is 12.5. The molecule has 1 unspecified atom stereocenters. The number of hydrogen-bond donors (Lipinski definition) is 1. The minimum Gasteiger partial charge on any atom is -0.493 e. The summed E-state index contributed by atoms with van der Waals surface area (Å²) in [7, 11) is 0. The van der Waals surface area contributed by atoms with Crippen molar-refractivity contribution in [2.24, 2.45) is 11.8 Å². The molecule has 1 atom stereocenters. The van der Waals surface area contributed by atoms with Crippen LogP contribution in [0.2, 0.25) is 0 Å². The van der Waals surface area contributed by atoms with Crippen molar-refractivity contribution in [1.29, 1.82) is 0 Å². The number of para-hydroxylation sites is 1. The van der Waals surface area contributed by atoms with Crippen LogP contribution in [0.1, 0.15) is 67.2 Å². The highest BCUT2D eigenvalue weighted by Crippen LogP contribution is 2.22. The molecule has 0 radical (unpaired) electrons. The maximum absolute atomic E-state index is 12.5. The van der Waals surface area contributed by atoms with Crippen molar-refractivity contribution in [2.75, 3.05) is 6.61 Å². The molecule has 0 amide bonds.